The van der Waals surface area contributed by atoms with Crippen molar-refractivity contribution in [1.82, 2.24) is 4.37 Å². The van der Waals surface area contributed by atoms with E-state index in [1.54, 1.807) is 0 Å². The molecule has 5 rings (SSSR count). The fourth-order valence-corrected chi connectivity index (χ4v) is 5.38. The van der Waals surface area contributed by atoms with E-state index in [0.29, 0.717) is 5.69 Å². The topological polar surface area (TPSA) is 68.3 Å². The summed E-state index contributed by atoms with van der Waals surface area (Å²) in [5.74, 6) is 0. The lowest BCUT2D eigenvalue weighted by Crippen LogP contribution is -2.17. The third-order valence-electron chi connectivity index (χ3n) is 6.95. The zero-order valence-electron chi connectivity index (χ0n) is 20.6. The van der Waals surface area contributed by atoms with Crippen molar-refractivity contribution in [2.24, 2.45) is 0 Å². The Hall–Kier alpha value is -3.77. The number of hydrogen-bond acceptors (Lipinski definition) is 5. The average molecular weight is 497 g/mol. The number of anilines is 1. The third kappa shape index (κ3) is 4.69. The number of ether oxygens (including phenoxy) is 1. The summed E-state index contributed by atoms with van der Waals surface area (Å²) >= 11 is 1.35. The monoisotopic (exact) mass is 496 g/mol. The lowest BCUT2D eigenvalue weighted by Gasteiger charge is -2.16. The molecule has 6 heteroatoms. The summed E-state index contributed by atoms with van der Waals surface area (Å²) in [4.78, 5) is 25.0. The molecule has 1 heterocycles. The molecule has 1 aliphatic carbocycles. The van der Waals surface area contributed by atoms with Crippen LogP contribution in [-0.4, -0.2) is 16.8 Å². The van der Waals surface area contributed by atoms with Gasteiger partial charge in [0.05, 0.1) is 21.7 Å². The molecule has 1 N–H and O–H groups in total. The summed E-state index contributed by atoms with van der Waals surface area (Å²) in [5, 5.41) is 2.91. The molecule has 1 fully saturated rings. The number of carbonyl (C=O) groups excluding carboxylic acids is 2. The van der Waals surface area contributed by atoms with Gasteiger partial charge in [-0.15, -0.1) is 0 Å². The van der Waals surface area contributed by atoms with E-state index in [-0.39, 0.29) is 11.5 Å². The maximum atomic E-state index is 12.7. The first-order valence-corrected chi connectivity index (χ1v) is 12.8. The van der Waals surface area contributed by atoms with Gasteiger partial charge >= 0.3 is 6.09 Å². The van der Waals surface area contributed by atoms with Crippen LogP contribution in [0.2, 0.25) is 0 Å². The van der Waals surface area contributed by atoms with Crippen molar-refractivity contribution in [3.05, 3.63) is 95.2 Å². The average Bonchev–Trinajstić information content (AvgIpc) is 3.62. The second kappa shape index (κ2) is 9.70. The predicted molar refractivity (Wildman–Crippen MR) is 144 cm³/mol. The number of aldehydes is 1. The molecule has 1 aliphatic rings. The third-order valence-corrected chi connectivity index (χ3v) is 7.94. The lowest BCUT2D eigenvalue weighted by molar-refractivity contribution is -0.109. The number of aromatic nitrogens is 1. The largest absolute Gasteiger partial charge is 0.441 e. The molecule has 0 aliphatic heterocycles. The molecule has 4 aromatic rings. The molecule has 36 heavy (non-hydrogen) atoms. The van der Waals surface area contributed by atoms with E-state index in [1.807, 2.05) is 57.2 Å². The second-order valence-corrected chi connectivity index (χ2v) is 10.2. The quantitative estimate of drug-likeness (QED) is 0.267. The molecule has 0 bridgehead atoms. The van der Waals surface area contributed by atoms with E-state index in [2.05, 4.69) is 46.1 Å². The molecule has 0 spiro atoms. The lowest BCUT2D eigenvalue weighted by atomic mass is 9.95. The van der Waals surface area contributed by atoms with Crippen molar-refractivity contribution >= 4 is 29.6 Å². The minimum atomic E-state index is -0.504. The van der Waals surface area contributed by atoms with E-state index >= 15 is 0 Å². The molecular weight excluding hydrogens is 468 g/mol. The number of rotatable bonds is 7. The van der Waals surface area contributed by atoms with Crippen molar-refractivity contribution in [2.75, 3.05) is 5.32 Å². The van der Waals surface area contributed by atoms with Crippen molar-refractivity contribution in [3.8, 4) is 21.6 Å². The molecule has 1 saturated carbocycles. The van der Waals surface area contributed by atoms with E-state index in [4.69, 9.17) is 4.74 Å². The first-order valence-electron chi connectivity index (χ1n) is 12.1. The van der Waals surface area contributed by atoms with Crippen LogP contribution in [0.15, 0.2) is 72.8 Å². The Labute approximate surface area is 215 Å². The molecule has 0 saturated heterocycles. The summed E-state index contributed by atoms with van der Waals surface area (Å²) in [7, 11) is 0. The van der Waals surface area contributed by atoms with Crippen molar-refractivity contribution in [3.63, 3.8) is 0 Å². The van der Waals surface area contributed by atoms with Crippen LogP contribution < -0.4 is 5.32 Å². The summed E-state index contributed by atoms with van der Waals surface area (Å²) in [5.41, 5.74) is 7.48. The Morgan fingerprint density at radius 2 is 1.58 bits per heavy atom. The van der Waals surface area contributed by atoms with Crippen molar-refractivity contribution in [1.29, 1.82) is 0 Å². The molecule has 1 aromatic heterocycles. The second-order valence-electron chi connectivity index (χ2n) is 9.43. The van der Waals surface area contributed by atoms with Gasteiger partial charge in [-0.2, -0.15) is 4.37 Å². The van der Waals surface area contributed by atoms with Crippen LogP contribution >= 0.6 is 11.5 Å². The van der Waals surface area contributed by atoms with Gasteiger partial charge in [-0.05, 0) is 78.5 Å². The van der Waals surface area contributed by atoms with Crippen molar-refractivity contribution in [2.45, 2.75) is 45.1 Å². The maximum Gasteiger partial charge on any atom is 0.412 e. The molecule has 1 amide bonds. The number of aryl methyl sites for hydroxylation is 2. The predicted octanol–water partition coefficient (Wildman–Crippen LogP) is 7.63. The highest BCUT2D eigenvalue weighted by Crippen LogP contribution is 2.46. The van der Waals surface area contributed by atoms with Gasteiger partial charge in [-0.1, -0.05) is 72.8 Å². The number of amides is 1. The van der Waals surface area contributed by atoms with Gasteiger partial charge in [0.1, 0.15) is 12.4 Å². The van der Waals surface area contributed by atoms with Crippen LogP contribution in [0.25, 0.3) is 21.6 Å². The minimum Gasteiger partial charge on any atom is -0.441 e. The molecule has 0 radical (unpaired) electrons. The number of nitrogens with one attached hydrogen (secondary N) is 1. The van der Waals surface area contributed by atoms with Crippen LogP contribution in [0.5, 0.6) is 0 Å². The van der Waals surface area contributed by atoms with Gasteiger partial charge in [-0.3, -0.25) is 5.32 Å². The number of hydrogen-bond donors (Lipinski definition) is 1. The molecule has 0 unspecified atom stereocenters. The Morgan fingerprint density at radius 1 is 0.972 bits per heavy atom. The first kappa shape index (κ1) is 23.9. The van der Waals surface area contributed by atoms with E-state index in [9.17, 15) is 9.59 Å². The van der Waals surface area contributed by atoms with Gasteiger partial charge in [0, 0.05) is 0 Å². The summed E-state index contributed by atoms with van der Waals surface area (Å²) in [6, 6.07) is 24.4. The van der Waals surface area contributed by atoms with Crippen LogP contribution in [0.3, 0.4) is 0 Å². The number of carbonyl (C=O) groups is 2. The Balaban J connectivity index is 1.30. The fraction of sp³-hybridized carbons (Fsp3) is 0.233. The number of nitrogens with zero attached hydrogens (tertiary/aromatic N) is 1. The summed E-state index contributed by atoms with van der Waals surface area (Å²) in [6.45, 7) is 5.75. The fourth-order valence-electron chi connectivity index (χ4n) is 4.53. The van der Waals surface area contributed by atoms with Crippen LogP contribution in [0.1, 0.15) is 48.3 Å². The number of benzene rings is 3. The van der Waals surface area contributed by atoms with Crippen LogP contribution in [0.4, 0.5) is 10.5 Å². The Morgan fingerprint density at radius 3 is 2.19 bits per heavy atom. The highest BCUT2D eigenvalue weighted by Gasteiger charge is 2.44. The highest BCUT2D eigenvalue weighted by atomic mass is 32.1. The SMILES string of the molecule is Cc1ccccc1[C@@H](C)OC(=O)Nc1c(C)nsc1-c1ccc(-c2ccc(C3(C=O)CC3)cc2)cc1. The van der Waals surface area contributed by atoms with Gasteiger partial charge < -0.3 is 9.53 Å². The zero-order chi connectivity index (χ0) is 25.3. The molecule has 182 valence electrons. The molecule has 3 aromatic carbocycles. The van der Waals surface area contributed by atoms with Gasteiger partial charge in [0.25, 0.3) is 0 Å². The van der Waals surface area contributed by atoms with E-state index in [1.165, 1.54) is 11.5 Å². The zero-order valence-corrected chi connectivity index (χ0v) is 21.4. The smallest absolute Gasteiger partial charge is 0.412 e. The summed E-state index contributed by atoms with van der Waals surface area (Å²) < 4.78 is 10.1. The van der Waals surface area contributed by atoms with Gasteiger partial charge in [0.2, 0.25) is 0 Å². The molecular formula is C30H28N2O3S. The maximum absolute atomic E-state index is 12.7. The molecule has 5 nitrogen and oxygen atoms in total. The van der Waals surface area contributed by atoms with Gasteiger partial charge in [-0.25, -0.2) is 4.79 Å². The standard InChI is InChI=1S/C30H28N2O3S/c1-19-6-4-5-7-26(19)21(3)35-29(34)31-27-20(2)32-36-28(27)24-10-8-22(9-11-24)23-12-14-25(15-13-23)30(18-33)16-17-30/h4-15,18,21H,16-17H2,1-3H3,(H,31,34)/t21-/m1/s1. The Kier molecular flexibility index (Phi) is 6.46. The van der Waals surface area contributed by atoms with E-state index in [0.717, 1.165) is 63.1 Å². The first-order chi connectivity index (χ1) is 17.4. The van der Waals surface area contributed by atoms with E-state index < -0.39 is 6.09 Å². The normalized spacial score (nSPS) is 14.6. The summed E-state index contributed by atoms with van der Waals surface area (Å²) in [6.07, 6.45) is 2.09. The Bertz CT molecular complexity index is 1400. The van der Waals surface area contributed by atoms with Crippen LogP contribution in [0, 0.1) is 13.8 Å². The molecule has 1 atom stereocenters. The van der Waals surface area contributed by atoms with Gasteiger partial charge in [0.15, 0.2) is 0 Å². The van der Waals surface area contributed by atoms with Crippen LogP contribution in [-0.2, 0) is 14.9 Å². The highest BCUT2D eigenvalue weighted by molar-refractivity contribution is 7.10. The minimum absolute atomic E-state index is 0.255. The van der Waals surface area contributed by atoms with Crippen molar-refractivity contribution < 1.29 is 14.3 Å².